The molecule has 0 spiro atoms. The van der Waals surface area contributed by atoms with Crippen molar-refractivity contribution in [2.24, 2.45) is 4.99 Å². The van der Waals surface area contributed by atoms with E-state index in [0.29, 0.717) is 31.5 Å². The average molecular weight is 504 g/mol. The highest BCUT2D eigenvalue weighted by molar-refractivity contribution is 14.0. The van der Waals surface area contributed by atoms with Gasteiger partial charge in [-0.15, -0.1) is 30.6 Å². The Morgan fingerprint density at radius 2 is 1.89 bits per heavy atom. The van der Waals surface area contributed by atoms with Crippen LogP contribution in [0.5, 0.6) is 11.5 Å². The number of amides is 1. The third-order valence-electron chi connectivity index (χ3n) is 3.71. The molecule has 0 aromatic heterocycles. The maximum Gasteiger partial charge on any atom is 0.243 e. The van der Waals surface area contributed by atoms with Gasteiger partial charge >= 0.3 is 0 Å². The number of ether oxygens (including phenoxy) is 2. The topological polar surface area (TPSA) is 75.2 Å². The highest BCUT2D eigenvalue weighted by Gasteiger charge is 2.13. The van der Waals surface area contributed by atoms with Crippen LogP contribution in [0.25, 0.3) is 0 Å². The van der Waals surface area contributed by atoms with Gasteiger partial charge in [0.2, 0.25) is 5.91 Å². The SMILES string of the molecule is C=CCNC(=NCC(=O)N(C)C)NC(C)c1ccc(OCC)c(OCC)c1.I. The predicted molar refractivity (Wildman–Crippen MR) is 125 cm³/mol. The van der Waals surface area contributed by atoms with Crippen molar-refractivity contribution in [2.75, 3.05) is 40.4 Å². The molecule has 8 heteroatoms. The molecule has 2 N–H and O–H groups in total. The number of aliphatic imine (C=N–C) groups is 1. The molecule has 28 heavy (non-hydrogen) atoms. The molecule has 0 bridgehead atoms. The van der Waals surface area contributed by atoms with E-state index >= 15 is 0 Å². The van der Waals surface area contributed by atoms with Gasteiger partial charge in [0.1, 0.15) is 6.54 Å². The summed E-state index contributed by atoms with van der Waals surface area (Å²) in [6, 6.07) is 5.81. The average Bonchev–Trinajstić information content (AvgIpc) is 2.65. The molecule has 0 saturated heterocycles. The summed E-state index contributed by atoms with van der Waals surface area (Å²) in [7, 11) is 3.42. The van der Waals surface area contributed by atoms with Crippen molar-refractivity contribution in [1.82, 2.24) is 15.5 Å². The first-order valence-corrected chi connectivity index (χ1v) is 9.18. The number of carbonyl (C=O) groups excluding carboxylic acids is 1. The van der Waals surface area contributed by atoms with Gasteiger partial charge < -0.3 is 25.0 Å². The van der Waals surface area contributed by atoms with Crippen molar-refractivity contribution in [3.63, 3.8) is 0 Å². The Balaban J connectivity index is 0.00000729. The van der Waals surface area contributed by atoms with E-state index in [0.717, 1.165) is 11.3 Å². The van der Waals surface area contributed by atoms with E-state index in [1.54, 1.807) is 20.2 Å². The molecular weight excluding hydrogens is 471 g/mol. The summed E-state index contributed by atoms with van der Waals surface area (Å²) in [6.45, 7) is 11.4. The molecule has 1 aromatic carbocycles. The first-order chi connectivity index (χ1) is 12.9. The van der Waals surface area contributed by atoms with Crippen molar-refractivity contribution >= 4 is 35.8 Å². The van der Waals surface area contributed by atoms with Crippen LogP contribution in [-0.2, 0) is 4.79 Å². The molecule has 0 fully saturated rings. The molecule has 158 valence electrons. The zero-order valence-electron chi connectivity index (χ0n) is 17.4. The molecular formula is C20H33IN4O3. The Kier molecular flexibility index (Phi) is 13.1. The second-order valence-corrected chi connectivity index (χ2v) is 6.06. The second-order valence-electron chi connectivity index (χ2n) is 6.06. The minimum absolute atomic E-state index is 0. The third kappa shape index (κ3) is 8.81. The van der Waals surface area contributed by atoms with Crippen LogP contribution in [-0.4, -0.2) is 57.2 Å². The van der Waals surface area contributed by atoms with Crippen LogP contribution in [0, 0.1) is 0 Å². The number of benzene rings is 1. The van der Waals surface area contributed by atoms with Gasteiger partial charge in [0, 0.05) is 20.6 Å². The van der Waals surface area contributed by atoms with Crippen molar-refractivity contribution in [3.8, 4) is 11.5 Å². The van der Waals surface area contributed by atoms with Crippen LogP contribution in [0.2, 0.25) is 0 Å². The summed E-state index contributed by atoms with van der Waals surface area (Å²) < 4.78 is 11.3. The highest BCUT2D eigenvalue weighted by Crippen LogP contribution is 2.30. The van der Waals surface area contributed by atoms with Crippen molar-refractivity contribution in [1.29, 1.82) is 0 Å². The Morgan fingerprint density at radius 3 is 2.46 bits per heavy atom. The summed E-state index contributed by atoms with van der Waals surface area (Å²) in [5.74, 6) is 1.92. The second kappa shape index (κ2) is 14.1. The standard InChI is InChI=1S/C20H32N4O3.HI/c1-7-12-21-20(22-14-19(25)24(5)6)23-15(4)16-10-11-17(26-8-2)18(13-16)27-9-3;/h7,10-11,13,15H,1,8-9,12,14H2,2-6H3,(H2,21,22,23);1H. The van der Waals surface area contributed by atoms with Crippen LogP contribution in [0.15, 0.2) is 35.8 Å². The van der Waals surface area contributed by atoms with Crippen molar-refractivity contribution in [2.45, 2.75) is 26.8 Å². The zero-order valence-corrected chi connectivity index (χ0v) is 19.8. The summed E-state index contributed by atoms with van der Waals surface area (Å²) in [6.07, 6.45) is 1.74. The fourth-order valence-corrected chi connectivity index (χ4v) is 2.23. The summed E-state index contributed by atoms with van der Waals surface area (Å²) in [4.78, 5) is 17.7. The lowest BCUT2D eigenvalue weighted by molar-refractivity contribution is -0.127. The van der Waals surface area contributed by atoms with Crippen LogP contribution in [0.3, 0.4) is 0 Å². The molecule has 1 rings (SSSR count). The monoisotopic (exact) mass is 504 g/mol. The fourth-order valence-electron chi connectivity index (χ4n) is 2.23. The van der Waals surface area contributed by atoms with Crippen LogP contribution in [0.4, 0.5) is 0 Å². The molecule has 1 amide bonds. The Bertz CT molecular complexity index is 650. The number of nitrogens with zero attached hydrogens (tertiary/aromatic N) is 2. The van der Waals surface area contributed by atoms with Crippen LogP contribution in [0.1, 0.15) is 32.4 Å². The highest BCUT2D eigenvalue weighted by atomic mass is 127. The minimum atomic E-state index is -0.0675. The third-order valence-corrected chi connectivity index (χ3v) is 3.71. The number of rotatable bonds is 10. The van der Waals surface area contributed by atoms with E-state index in [1.165, 1.54) is 4.90 Å². The lowest BCUT2D eigenvalue weighted by Gasteiger charge is -2.20. The van der Waals surface area contributed by atoms with E-state index in [1.807, 2.05) is 39.0 Å². The van der Waals surface area contributed by atoms with E-state index in [2.05, 4.69) is 22.2 Å². The normalized spacial score (nSPS) is 11.7. The number of likely N-dealkylation sites (N-methyl/N-ethyl adjacent to an activating group) is 1. The Labute approximate surface area is 185 Å². The largest absolute Gasteiger partial charge is 0.490 e. The number of nitrogens with one attached hydrogen (secondary N) is 2. The Hall–Kier alpha value is -1.97. The lowest BCUT2D eigenvalue weighted by atomic mass is 10.1. The van der Waals surface area contributed by atoms with Gasteiger partial charge in [0.15, 0.2) is 17.5 Å². The summed E-state index contributed by atoms with van der Waals surface area (Å²) in [5.41, 5.74) is 1.02. The van der Waals surface area contributed by atoms with Crippen LogP contribution >= 0.6 is 24.0 Å². The van der Waals surface area contributed by atoms with E-state index in [4.69, 9.17) is 9.47 Å². The maximum absolute atomic E-state index is 11.8. The number of hydrogen-bond donors (Lipinski definition) is 2. The molecule has 0 radical (unpaired) electrons. The van der Waals surface area contributed by atoms with Gasteiger partial charge in [-0.05, 0) is 38.5 Å². The van der Waals surface area contributed by atoms with E-state index < -0.39 is 0 Å². The van der Waals surface area contributed by atoms with Crippen molar-refractivity contribution in [3.05, 3.63) is 36.4 Å². The smallest absolute Gasteiger partial charge is 0.243 e. The lowest BCUT2D eigenvalue weighted by Crippen LogP contribution is -2.39. The van der Waals surface area contributed by atoms with E-state index in [-0.39, 0.29) is 42.5 Å². The summed E-state index contributed by atoms with van der Waals surface area (Å²) in [5, 5.41) is 6.44. The number of hydrogen-bond acceptors (Lipinski definition) is 4. The summed E-state index contributed by atoms with van der Waals surface area (Å²) >= 11 is 0. The molecule has 0 aliphatic carbocycles. The van der Waals surface area contributed by atoms with Crippen molar-refractivity contribution < 1.29 is 14.3 Å². The van der Waals surface area contributed by atoms with Gasteiger partial charge in [-0.25, -0.2) is 4.99 Å². The van der Waals surface area contributed by atoms with Gasteiger partial charge in [0.05, 0.1) is 19.3 Å². The number of halogens is 1. The molecule has 0 saturated carbocycles. The first-order valence-electron chi connectivity index (χ1n) is 9.18. The number of guanidine groups is 1. The molecule has 7 nitrogen and oxygen atoms in total. The maximum atomic E-state index is 11.8. The molecule has 1 atom stereocenters. The quantitative estimate of drug-likeness (QED) is 0.222. The zero-order chi connectivity index (χ0) is 20.2. The molecule has 1 unspecified atom stereocenters. The van der Waals surface area contributed by atoms with Gasteiger partial charge in [-0.2, -0.15) is 0 Å². The molecule has 0 aliphatic heterocycles. The van der Waals surface area contributed by atoms with Gasteiger partial charge in [0.25, 0.3) is 0 Å². The number of carbonyl (C=O) groups is 1. The van der Waals surface area contributed by atoms with Gasteiger partial charge in [-0.3, -0.25) is 4.79 Å². The molecule has 1 aromatic rings. The minimum Gasteiger partial charge on any atom is -0.490 e. The molecule has 0 heterocycles. The Morgan fingerprint density at radius 1 is 1.25 bits per heavy atom. The predicted octanol–water partition coefficient (Wildman–Crippen LogP) is 2.97. The molecule has 0 aliphatic rings. The fraction of sp³-hybridized carbons (Fsp3) is 0.500. The van der Waals surface area contributed by atoms with Gasteiger partial charge in [-0.1, -0.05) is 12.1 Å². The van der Waals surface area contributed by atoms with Crippen LogP contribution < -0.4 is 20.1 Å². The first kappa shape index (κ1) is 26.0. The van der Waals surface area contributed by atoms with E-state index in [9.17, 15) is 4.79 Å².